The Morgan fingerprint density at radius 2 is 1.80 bits per heavy atom. The van der Waals surface area contributed by atoms with Crippen molar-refractivity contribution in [1.82, 2.24) is 5.16 Å². The highest BCUT2D eigenvalue weighted by atomic mass is 32.1. The number of aromatic nitrogens is 1. The number of urea groups is 1. The van der Waals surface area contributed by atoms with Gasteiger partial charge in [0.1, 0.15) is 0 Å². The van der Waals surface area contributed by atoms with Gasteiger partial charge in [-0.3, -0.25) is 0 Å². The van der Waals surface area contributed by atoms with Crippen molar-refractivity contribution in [2.45, 2.75) is 0 Å². The smallest absolute Gasteiger partial charge is 0.337 e. The van der Waals surface area contributed by atoms with E-state index >= 15 is 0 Å². The average molecular weight is 285 g/mol. The molecule has 6 heteroatoms. The van der Waals surface area contributed by atoms with E-state index in [-0.39, 0.29) is 0 Å². The van der Waals surface area contributed by atoms with Crippen molar-refractivity contribution < 1.29 is 9.32 Å². The number of hydrogen-bond acceptors (Lipinski definition) is 4. The Morgan fingerprint density at radius 1 is 1.10 bits per heavy atom. The average Bonchev–Trinajstić information content (AvgIpc) is 2.91. The molecule has 20 heavy (non-hydrogen) atoms. The zero-order valence-electron chi connectivity index (χ0n) is 10.4. The maximum atomic E-state index is 12.1. The third kappa shape index (κ3) is 2.33. The molecule has 3 aromatic rings. The van der Waals surface area contributed by atoms with E-state index in [0.717, 1.165) is 9.69 Å². The van der Waals surface area contributed by atoms with E-state index < -0.39 is 6.03 Å². The molecule has 0 aliphatic carbocycles. The molecule has 2 aromatic carbocycles. The lowest BCUT2D eigenvalue weighted by atomic mass is 10.2. The van der Waals surface area contributed by atoms with E-state index in [0.29, 0.717) is 17.1 Å². The van der Waals surface area contributed by atoms with Crippen LogP contribution in [0.5, 0.6) is 0 Å². The highest BCUT2D eigenvalue weighted by Gasteiger charge is 2.19. The van der Waals surface area contributed by atoms with Gasteiger partial charge in [0.2, 0.25) is 0 Å². The van der Waals surface area contributed by atoms with Crippen LogP contribution in [0.2, 0.25) is 0 Å². The van der Waals surface area contributed by atoms with Crippen LogP contribution in [0.25, 0.3) is 11.0 Å². The summed E-state index contributed by atoms with van der Waals surface area (Å²) in [6, 6.07) is 16.0. The molecule has 3 rings (SSSR count). The fourth-order valence-electron chi connectivity index (χ4n) is 1.82. The highest BCUT2D eigenvalue weighted by Crippen LogP contribution is 2.27. The molecule has 0 spiro atoms. The Bertz CT molecular complexity index is 742. The summed E-state index contributed by atoms with van der Waals surface area (Å²) < 4.78 is 6.27. The van der Waals surface area contributed by atoms with E-state index in [2.05, 4.69) is 23.3 Å². The molecule has 0 bridgehead atoms. The number of carbonyl (C=O) groups is 1. The summed E-state index contributed by atoms with van der Waals surface area (Å²) >= 11 is 4.19. The summed E-state index contributed by atoms with van der Waals surface area (Å²) in [6.07, 6.45) is 0. The molecule has 0 saturated heterocycles. The number of amides is 2. The number of nitrogens with one attached hydrogen (secondary N) is 1. The van der Waals surface area contributed by atoms with Crippen molar-refractivity contribution in [2.75, 3.05) is 9.62 Å². The zero-order chi connectivity index (χ0) is 13.9. The molecular formula is C14H11N3O2S. The number of benzene rings is 2. The Morgan fingerprint density at radius 3 is 2.60 bits per heavy atom. The number of fused-ring (bicyclic) bond motifs is 1. The van der Waals surface area contributed by atoms with Crippen LogP contribution in [-0.4, -0.2) is 11.2 Å². The number of carbonyl (C=O) groups excluding carboxylic acids is 1. The van der Waals surface area contributed by atoms with E-state index in [9.17, 15) is 4.79 Å². The third-order valence-electron chi connectivity index (χ3n) is 2.78. The van der Waals surface area contributed by atoms with Crippen LogP contribution < -0.4 is 9.62 Å². The van der Waals surface area contributed by atoms with Gasteiger partial charge in [-0.15, -0.1) is 0 Å². The van der Waals surface area contributed by atoms with E-state index in [4.69, 9.17) is 4.52 Å². The minimum atomic E-state index is -0.404. The Balaban J connectivity index is 1.85. The van der Waals surface area contributed by atoms with Crippen LogP contribution >= 0.6 is 12.8 Å². The zero-order valence-corrected chi connectivity index (χ0v) is 11.2. The lowest BCUT2D eigenvalue weighted by Crippen LogP contribution is -2.27. The maximum absolute atomic E-state index is 12.1. The van der Waals surface area contributed by atoms with E-state index in [1.165, 1.54) is 0 Å². The van der Waals surface area contributed by atoms with Gasteiger partial charge in [0, 0.05) is 5.69 Å². The summed E-state index contributed by atoms with van der Waals surface area (Å²) in [5.74, 6) is 0.359. The lowest BCUT2D eigenvalue weighted by molar-refractivity contribution is 0.260. The van der Waals surface area contributed by atoms with Gasteiger partial charge in [-0.05, 0) is 24.3 Å². The fourth-order valence-corrected chi connectivity index (χ4v) is 2.01. The van der Waals surface area contributed by atoms with Crippen LogP contribution in [0.15, 0.2) is 59.1 Å². The molecule has 2 amide bonds. The van der Waals surface area contributed by atoms with Gasteiger partial charge in [0.25, 0.3) is 0 Å². The number of thiol groups is 1. The summed E-state index contributed by atoms with van der Waals surface area (Å²) in [6.45, 7) is 0. The molecule has 1 aromatic heterocycles. The molecule has 0 atom stereocenters. The predicted molar refractivity (Wildman–Crippen MR) is 80.9 cm³/mol. The van der Waals surface area contributed by atoms with Crippen LogP contribution in [-0.2, 0) is 0 Å². The molecule has 5 nitrogen and oxygen atoms in total. The fraction of sp³-hybridized carbons (Fsp3) is 0. The summed E-state index contributed by atoms with van der Waals surface area (Å²) in [4.78, 5) is 12.1. The van der Waals surface area contributed by atoms with Gasteiger partial charge in [-0.25, -0.2) is 9.10 Å². The number of para-hydroxylation sites is 2. The van der Waals surface area contributed by atoms with Gasteiger partial charge >= 0.3 is 6.03 Å². The summed E-state index contributed by atoms with van der Waals surface area (Å²) in [7, 11) is 0. The molecule has 0 aliphatic rings. The second kappa shape index (κ2) is 5.26. The quantitative estimate of drug-likeness (QED) is 0.706. The first-order valence-electron chi connectivity index (χ1n) is 5.95. The van der Waals surface area contributed by atoms with E-state index in [1.807, 2.05) is 36.4 Å². The van der Waals surface area contributed by atoms with Crippen molar-refractivity contribution in [3.63, 3.8) is 0 Å². The van der Waals surface area contributed by atoms with Gasteiger partial charge < -0.3 is 9.84 Å². The van der Waals surface area contributed by atoms with Crippen LogP contribution in [0.1, 0.15) is 0 Å². The Kier molecular flexibility index (Phi) is 3.30. The van der Waals surface area contributed by atoms with Gasteiger partial charge in [0.05, 0.1) is 5.39 Å². The normalized spacial score (nSPS) is 10.4. The summed E-state index contributed by atoms with van der Waals surface area (Å²) in [5.41, 5.74) is 1.29. The second-order valence-electron chi connectivity index (χ2n) is 4.11. The number of hydrogen-bond donors (Lipinski definition) is 2. The Hall–Kier alpha value is -2.47. The minimum absolute atomic E-state index is 0.359. The van der Waals surface area contributed by atoms with Gasteiger partial charge in [0.15, 0.2) is 11.4 Å². The van der Waals surface area contributed by atoms with Crippen LogP contribution in [0.3, 0.4) is 0 Å². The molecule has 0 radical (unpaired) electrons. The van der Waals surface area contributed by atoms with Gasteiger partial charge in [-0.2, -0.15) is 0 Å². The molecular weight excluding hydrogens is 274 g/mol. The SMILES string of the molecule is O=C(Nc1ccccc1)N(S)c1noc2ccccc12. The second-order valence-corrected chi connectivity index (χ2v) is 4.51. The first-order valence-corrected chi connectivity index (χ1v) is 6.35. The largest absolute Gasteiger partial charge is 0.354 e. The van der Waals surface area contributed by atoms with Crippen molar-refractivity contribution in [1.29, 1.82) is 0 Å². The number of nitrogens with zero attached hydrogens (tertiary/aromatic N) is 2. The molecule has 0 fully saturated rings. The van der Waals surface area contributed by atoms with Crippen LogP contribution in [0.4, 0.5) is 16.3 Å². The topological polar surface area (TPSA) is 58.4 Å². The van der Waals surface area contributed by atoms with Gasteiger partial charge in [-0.1, -0.05) is 48.3 Å². The molecule has 0 saturated carbocycles. The highest BCUT2D eigenvalue weighted by molar-refractivity contribution is 7.82. The summed E-state index contributed by atoms with van der Waals surface area (Å²) in [5, 5.41) is 7.32. The Labute approximate surface area is 120 Å². The van der Waals surface area contributed by atoms with Crippen LogP contribution in [0, 0.1) is 0 Å². The van der Waals surface area contributed by atoms with Crippen molar-refractivity contribution in [3.8, 4) is 0 Å². The van der Waals surface area contributed by atoms with Crippen molar-refractivity contribution in [2.24, 2.45) is 0 Å². The molecule has 100 valence electrons. The standard InChI is InChI=1S/C14H11N3O2S/c18-14(15-10-6-2-1-3-7-10)17(20)13-11-8-4-5-9-12(11)19-16-13/h1-9,20H,(H,15,18). The predicted octanol–water partition coefficient (Wildman–Crippen LogP) is 3.71. The first kappa shape index (κ1) is 12.6. The minimum Gasteiger partial charge on any atom is -0.354 e. The van der Waals surface area contributed by atoms with Crippen molar-refractivity contribution in [3.05, 3.63) is 54.6 Å². The monoisotopic (exact) mass is 285 g/mol. The maximum Gasteiger partial charge on any atom is 0.337 e. The molecule has 1 heterocycles. The number of rotatable bonds is 2. The molecule has 1 N–H and O–H groups in total. The van der Waals surface area contributed by atoms with E-state index in [1.54, 1.807) is 18.2 Å². The molecule has 0 aliphatic heterocycles. The third-order valence-corrected chi connectivity index (χ3v) is 3.15. The lowest BCUT2D eigenvalue weighted by Gasteiger charge is -2.13. The van der Waals surface area contributed by atoms with Crippen molar-refractivity contribution >= 4 is 41.3 Å². The molecule has 0 unspecified atom stereocenters. The number of anilines is 2. The first-order chi connectivity index (χ1) is 9.75.